The van der Waals surface area contributed by atoms with Crippen LogP contribution >= 0.6 is 47.4 Å². The van der Waals surface area contributed by atoms with Crippen molar-refractivity contribution < 1.29 is 14.3 Å². The third-order valence-corrected chi connectivity index (χ3v) is 4.56. The van der Waals surface area contributed by atoms with Gasteiger partial charge in [-0.25, -0.2) is 0 Å². The Kier molecular flexibility index (Phi) is 14.0. The number of para-hydroxylation sites is 1. The number of methoxy groups -OCH3 is 1. The fourth-order valence-corrected chi connectivity index (χ4v) is 3.23. The largest absolute Gasteiger partial charge is 0.493 e. The van der Waals surface area contributed by atoms with Crippen LogP contribution in [0.5, 0.6) is 11.5 Å². The summed E-state index contributed by atoms with van der Waals surface area (Å²) in [7, 11) is 5.70. The van der Waals surface area contributed by atoms with Gasteiger partial charge in [0.25, 0.3) is 5.91 Å². The second kappa shape index (κ2) is 14.7. The van der Waals surface area contributed by atoms with Gasteiger partial charge in [-0.2, -0.15) is 0 Å². The van der Waals surface area contributed by atoms with Gasteiger partial charge in [-0.3, -0.25) is 4.79 Å². The van der Waals surface area contributed by atoms with Crippen molar-refractivity contribution in [2.75, 3.05) is 46.2 Å². The Labute approximate surface area is 198 Å². The van der Waals surface area contributed by atoms with Crippen LogP contribution in [-0.4, -0.2) is 51.7 Å². The van der Waals surface area contributed by atoms with Gasteiger partial charge < -0.3 is 25.0 Å². The van der Waals surface area contributed by atoms with Crippen LogP contribution in [0, 0.1) is 3.57 Å². The lowest BCUT2D eigenvalue weighted by molar-refractivity contribution is -0.118. The van der Waals surface area contributed by atoms with Gasteiger partial charge in [-0.15, -0.1) is 24.8 Å². The quantitative estimate of drug-likeness (QED) is 0.345. The number of benzene rings is 2. The highest BCUT2D eigenvalue weighted by Crippen LogP contribution is 2.34. The second-order valence-corrected chi connectivity index (χ2v) is 7.45. The van der Waals surface area contributed by atoms with Crippen molar-refractivity contribution in [1.82, 2.24) is 10.2 Å². The summed E-state index contributed by atoms with van der Waals surface area (Å²) in [5.74, 6) is 0.991. The molecule has 0 radical (unpaired) electrons. The molecule has 0 fully saturated rings. The summed E-state index contributed by atoms with van der Waals surface area (Å²) < 4.78 is 12.1. The predicted molar refractivity (Wildman–Crippen MR) is 131 cm³/mol. The van der Waals surface area contributed by atoms with E-state index in [1.807, 2.05) is 56.6 Å². The number of carbonyl (C=O) groups is 1. The van der Waals surface area contributed by atoms with Crippen LogP contribution < -0.4 is 20.1 Å². The Morgan fingerprint density at radius 2 is 1.83 bits per heavy atom. The molecular formula is C20H28Cl2IN3O3. The molecule has 0 unspecified atom stereocenters. The summed E-state index contributed by atoms with van der Waals surface area (Å²) in [6, 6.07) is 13.3. The third kappa shape index (κ3) is 9.86. The molecule has 0 aromatic heterocycles. The van der Waals surface area contributed by atoms with Crippen molar-refractivity contribution in [3.63, 3.8) is 0 Å². The Bertz CT molecular complexity index is 749. The minimum Gasteiger partial charge on any atom is -0.493 e. The van der Waals surface area contributed by atoms with Crippen LogP contribution in [0.4, 0.5) is 5.69 Å². The maximum Gasteiger partial charge on any atom is 0.262 e. The van der Waals surface area contributed by atoms with Crippen molar-refractivity contribution >= 4 is 59.0 Å². The van der Waals surface area contributed by atoms with Crippen molar-refractivity contribution in [2.24, 2.45) is 0 Å². The first-order chi connectivity index (χ1) is 13.0. The smallest absolute Gasteiger partial charge is 0.262 e. The summed E-state index contributed by atoms with van der Waals surface area (Å²) in [5, 5.41) is 6.21. The number of amides is 1. The minimum absolute atomic E-state index is 0. The predicted octanol–water partition coefficient (Wildman–Crippen LogP) is 3.81. The van der Waals surface area contributed by atoms with Crippen LogP contribution in [0.15, 0.2) is 42.5 Å². The zero-order chi connectivity index (χ0) is 19.6. The summed E-state index contributed by atoms with van der Waals surface area (Å²) in [5.41, 5.74) is 1.85. The molecule has 162 valence electrons. The number of carbonyl (C=O) groups excluding carboxylic acids is 1. The number of rotatable bonds is 10. The Morgan fingerprint density at radius 3 is 2.45 bits per heavy atom. The van der Waals surface area contributed by atoms with E-state index in [0.717, 1.165) is 34.5 Å². The summed E-state index contributed by atoms with van der Waals surface area (Å²) in [6.45, 7) is 2.55. The standard InChI is InChI=1S/C20H26IN3O3.2ClH/c1-24(2)10-9-22-13-15-11-17(21)20(18(12-15)26-3)27-14-19(25)23-16-7-5-4-6-8-16;;/h4-8,11-12,22H,9-10,13-14H2,1-3H3,(H,23,25);2*1H. The van der Waals surface area contributed by atoms with E-state index in [0.29, 0.717) is 11.5 Å². The molecule has 0 aliphatic heterocycles. The van der Waals surface area contributed by atoms with E-state index in [2.05, 4.69) is 38.1 Å². The first kappa shape index (κ1) is 27.7. The van der Waals surface area contributed by atoms with Crippen LogP contribution in [0.2, 0.25) is 0 Å². The first-order valence-electron chi connectivity index (χ1n) is 8.69. The topological polar surface area (TPSA) is 62.8 Å². The zero-order valence-corrected chi connectivity index (χ0v) is 20.5. The van der Waals surface area contributed by atoms with E-state index < -0.39 is 0 Å². The van der Waals surface area contributed by atoms with Gasteiger partial charge in [0.05, 0.1) is 10.7 Å². The number of ether oxygens (including phenoxy) is 2. The average Bonchev–Trinajstić information content (AvgIpc) is 2.64. The van der Waals surface area contributed by atoms with Crippen LogP contribution in [0.1, 0.15) is 5.56 Å². The molecule has 6 nitrogen and oxygen atoms in total. The molecule has 0 aliphatic carbocycles. The number of anilines is 1. The first-order valence-corrected chi connectivity index (χ1v) is 9.77. The Balaban J connectivity index is 0.00000392. The molecule has 2 N–H and O–H groups in total. The summed E-state index contributed by atoms with van der Waals surface area (Å²) in [6.07, 6.45) is 0. The maximum atomic E-state index is 12.1. The van der Waals surface area contributed by atoms with E-state index in [4.69, 9.17) is 9.47 Å². The molecule has 0 aliphatic rings. The fraction of sp³-hybridized carbons (Fsp3) is 0.350. The number of nitrogens with one attached hydrogen (secondary N) is 2. The summed E-state index contributed by atoms with van der Waals surface area (Å²) in [4.78, 5) is 14.2. The highest BCUT2D eigenvalue weighted by atomic mass is 127. The highest BCUT2D eigenvalue weighted by molar-refractivity contribution is 14.1. The molecule has 0 saturated heterocycles. The van der Waals surface area contributed by atoms with Gasteiger partial charge in [-0.1, -0.05) is 18.2 Å². The number of halogens is 3. The van der Waals surface area contributed by atoms with Gasteiger partial charge in [0.1, 0.15) is 0 Å². The number of nitrogens with zero attached hydrogens (tertiary/aromatic N) is 1. The third-order valence-electron chi connectivity index (χ3n) is 3.76. The van der Waals surface area contributed by atoms with Gasteiger partial charge in [0, 0.05) is 25.3 Å². The number of hydrogen-bond acceptors (Lipinski definition) is 5. The van der Waals surface area contributed by atoms with E-state index >= 15 is 0 Å². The molecule has 0 atom stereocenters. The van der Waals surface area contributed by atoms with Crippen LogP contribution in [0.3, 0.4) is 0 Å². The molecule has 0 spiro atoms. The zero-order valence-electron chi connectivity index (χ0n) is 16.7. The Hall–Kier alpha value is -1.26. The van der Waals surface area contributed by atoms with E-state index in [1.165, 1.54) is 0 Å². The molecule has 0 saturated carbocycles. The normalized spacial score (nSPS) is 9.97. The molecule has 1 amide bonds. The van der Waals surface area contributed by atoms with Crippen LogP contribution in [0.25, 0.3) is 0 Å². The minimum atomic E-state index is -0.214. The van der Waals surface area contributed by atoms with Crippen molar-refractivity contribution in [1.29, 1.82) is 0 Å². The monoisotopic (exact) mass is 555 g/mol. The van der Waals surface area contributed by atoms with Crippen molar-refractivity contribution in [3.8, 4) is 11.5 Å². The van der Waals surface area contributed by atoms with Crippen molar-refractivity contribution in [3.05, 3.63) is 51.6 Å². The average molecular weight is 556 g/mol. The molecule has 9 heteroatoms. The van der Waals surface area contributed by atoms with Gasteiger partial charge in [0.15, 0.2) is 18.1 Å². The van der Waals surface area contributed by atoms with Crippen LogP contribution in [-0.2, 0) is 11.3 Å². The molecular weight excluding hydrogens is 528 g/mol. The lowest BCUT2D eigenvalue weighted by atomic mass is 10.2. The second-order valence-electron chi connectivity index (χ2n) is 6.29. The lowest BCUT2D eigenvalue weighted by Gasteiger charge is -2.15. The number of likely N-dealkylation sites (N-methyl/N-ethyl adjacent to an activating group) is 1. The van der Waals surface area contributed by atoms with Gasteiger partial charge in [0.2, 0.25) is 0 Å². The SMILES string of the molecule is COc1cc(CNCCN(C)C)cc(I)c1OCC(=O)Nc1ccccc1.Cl.Cl. The molecule has 0 heterocycles. The summed E-state index contributed by atoms with van der Waals surface area (Å²) >= 11 is 2.20. The fourth-order valence-electron chi connectivity index (χ4n) is 2.41. The molecule has 29 heavy (non-hydrogen) atoms. The molecule has 2 aromatic rings. The van der Waals surface area contributed by atoms with E-state index in [9.17, 15) is 4.79 Å². The molecule has 2 rings (SSSR count). The van der Waals surface area contributed by atoms with Gasteiger partial charge >= 0.3 is 0 Å². The molecule has 0 bridgehead atoms. The highest BCUT2D eigenvalue weighted by Gasteiger charge is 2.13. The number of hydrogen-bond donors (Lipinski definition) is 2. The lowest BCUT2D eigenvalue weighted by Crippen LogP contribution is -2.26. The Morgan fingerprint density at radius 1 is 1.14 bits per heavy atom. The van der Waals surface area contributed by atoms with E-state index in [-0.39, 0.29) is 37.3 Å². The maximum absolute atomic E-state index is 12.1. The van der Waals surface area contributed by atoms with E-state index in [1.54, 1.807) is 7.11 Å². The van der Waals surface area contributed by atoms with Crippen molar-refractivity contribution in [2.45, 2.75) is 6.54 Å². The van der Waals surface area contributed by atoms with Gasteiger partial charge in [-0.05, 0) is 66.5 Å². The molecule has 2 aromatic carbocycles.